The number of methoxy groups -OCH3 is 1. The number of aromatic nitrogens is 1. The average molecular weight is 357 g/mol. The lowest BCUT2D eigenvalue weighted by atomic mass is 10.2. The molecule has 0 spiro atoms. The number of pyridine rings is 1. The monoisotopic (exact) mass is 357 g/mol. The quantitative estimate of drug-likeness (QED) is 0.449. The summed E-state index contributed by atoms with van der Waals surface area (Å²) in [6.07, 6.45) is 0. The van der Waals surface area contributed by atoms with Crippen molar-refractivity contribution in [3.63, 3.8) is 0 Å². The lowest BCUT2D eigenvalue weighted by Crippen LogP contribution is -1.98. The van der Waals surface area contributed by atoms with Crippen molar-refractivity contribution in [3.05, 3.63) is 90.5 Å². The summed E-state index contributed by atoms with van der Waals surface area (Å²) in [4.78, 5) is 4.60. The van der Waals surface area contributed by atoms with Crippen molar-refractivity contribution in [2.75, 3.05) is 7.11 Å². The van der Waals surface area contributed by atoms with Gasteiger partial charge in [-0.2, -0.15) is 0 Å². The fourth-order valence-electron chi connectivity index (χ4n) is 2.79. The lowest BCUT2D eigenvalue weighted by molar-refractivity contribution is 0.285. The topological polar surface area (TPSA) is 40.6 Å². The van der Waals surface area contributed by atoms with Gasteiger partial charge in [0.2, 0.25) is 5.88 Å². The molecule has 3 aromatic carbocycles. The Hall–Kier alpha value is -3.53. The standard InChI is InChI=1S/C23H19NO3/c1-25-21-14-18-12-13-23(27-19-10-6-3-7-11-19)24-20(18)15-22(21)26-16-17-8-4-2-5-9-17/h2-15H,16H2,1H3. The molecule has 0 radical (unpaired) electrons. The van der Waals surface area contributed by atoms with Gasteiger partial charge in [0.05, 0.1) is 12.6 Å². The zero-order valence-corrected chi connectivity index (χ0v) is 15.0. The lowest BCUT2D eigenvalue weighted by Gasteiger charge is -2.12. The smallest absolute Gasteiger partial charge is 0.219 e. The average Bonchev–Trinajstić information content (AvgIpc) is 2.73. The van der Waals surface area contributed by atoms with Gasteiger partial charge in [0, 0.05) is 17.5 Å². The SMILES string of the molecule is COc1cc2ccc(Oc3ccccc3)nc2cc1OCc1ccccc1. The van der Waals surface area contributed by atoms with E-state index in [1.807, 2.05) is 84.9 Å². The highest BCUT2D eigenvalue weighted by Gasteiger charge is 2.10. The molecule has 1 heterocycles. The Balaban J connectivity index is 1.62. The zero-order valence-electron chi connectivity index (χ0n) is 15.0. The molecule has 4 heteroatoms. The Morgan fingerprint density at radius 1 is 0.778 bits per heavy atom. The first-order chi connectivity index (χ1) is 13.3. The van der Waals surface area contributed by atoms with Gasteiger partial charge in [-0.25, -0.2) is 4.98 Å². The van der Waals surface area contributed by atoms with Crippen LogP contribution in [0.5, 0.6) is 23.1 Å². The number of nitrogens with zero attached hydrogens (tertiary/aromatic N) is 1. The van der Waals surface area contributed by atoms with Gasteiger partial charge in [0.25, 0.3) is 0 Å². The van der Waals surface area contributed by atoms with Gasteiger partial charge in [0.15, 0.2) is 11.5 Å². The summed E-state index contributed by atoms with van der Waals surface area (Å²) in [6.45, 7) is 0.461. The molecule has 134 valence electrons. The molecule has 1 aromatic heterocycles. The van der Waals surface area contributed by atoms with E-state index in [4.69, 9.17) is 14.2 Å². The summed E-state index contributed by atoms with van der Waals surface area (Å²) in [5, 5.41) is 0.958. The number of fused-ring (bicyclic) bond motifs is 1. The minimum absolute atomic E-state index is 0.461. The molecular formula is C23H19NO3. The van der Waals surface area contributed by atoms with E-state index in [0.29, 0.717) is 24.0 Å². The number of hydrogen-bond donors (Lipinski definition) is 0. The number of rotatable bonds is 6. The van der Waals surface area contributed by atoms with Crippen LogP contribution >= 0.6 is 0 Å². The third-order valence-electron chi connectivity index (χ3n) is 4.15. The molecule has 0 saturated carbocycles. The van der Waals surface area contributed by atoms with Crippen LogP contribution in [0.1, 0.15) is 5.56 Å². The van der Waals surface area contributed by atoms with E-state index in [1.165, 1.54) is 0 Å². The van der Waals surface area contributed by atoms with Crippen LogP contribution in [-0.4, -0.2) is 12.1 Å². The highest BCUT2D eigenvalue weighted by atomic mass is 16.5. The summed E-state index contributed by atoms with van der Waals surface area (Å²) >= 11 is 0. The molecule has 0 saturated heterocycles. The summed E-state index contributed by atoms with van der Waals surface area (Å²) in [6, 6.07) is 27.2. The van der Waals surface area contributed by atoms with Crippen LogP contribution in [0.15, 0.2) is 84.9 Å². The molecule has 0 fully saturated rings. The Labute approximate surface area is 158 Å². The second kappa shape index (κ2) is 7.79. The van der Waals surface area contributed by atoms with Crippen LogP contribution < -0.4 is 14.2 Å². The van der Waals surface area contributed by atoms with Crippen LogP contribution in [0.4, 0.5) is 0 Å². The Morgan fingerprint density at radius 3 is 2.26 bits per heavy atom. The second-order valence-corrected chi connectivity index (χ2v) is 6.03. The second-order valence-electron chi connectivity index (χ2n) is 6.03. The first kappa shape index (κ1) is 16.9. The predicted octanol–water partition coefficient (Wildman–Crippen LogP) is 5.61. The fourth-order valence-corrected chi connectivity index (χ4v) is 2.79. The fraction of sp³-hybridized carbons (Fsp3) is 0.0870. The normalized spacial score (nSPS) is 10.6. The minimum Gasteiger partial charge on any atom is -0.493 e. The van der Waals surface area contributed by atoms with Crippen molar-refractivity contribution in [1.29, 1.82) is 0 Å². The van der Waals surface area contributed by atoms with Crippen LogP contribution in [0.25, 0.3) is 10.9 Å². The van der Waals surface area contributed by atoms with Gasteiger partial charge in [-0.1, -0.05) is 48.5 Å². The van der Waals surface area contributed by atoms with Gasteiger partial charge in [-0.05, 0) is 29.8 Å². The Kier molecular flexibility index (Phi) is 4.88. The Morgan fingerprint density at radius 2 is 1.52 bits per heavy atom. The van der Waals surface area contributed by atoms with E-state index in [2.05, 4.69) is 4.98 Å². The van der Waals surface area contributed by atoms with Gasteiger partial charge in [-0.15, -0.1) is 0 Å². The van der Waals surface area contributed by atoms with E-state index >= 15 is 0 Å². The highest BCUT2D eigenvalue weighted by Crippen LogP contribution is 2.33. The van der Waals surface area contributed by atoms with Crippen molar-refractivity contribution >= 4 is 10.9 Å². The molecule has 0 aliphatic rings. The third-order valence-corrected chi connectivity index (χ3v) is 4.15. The summed E-state index contributed by atoms with van der Waals surface area (Å²) in [5.74, 6) is 2.61. The van der Waals surface area contributed by atoms with Crippen molar-refractivity contribution < 1.29 is 14.2 Å². The minimum atomic E-state index is 0.461. The van der Waals surface area contributed by atoms with E-state index in [9.17, 15) is 0 Å². The van der Waals surface area contributed by atoms with Gasteiger partial charge < -0.3 is 14.2 Å². The van der Waals surface area contributed by atoms with Crippen LogP contribution in [0, 0.1) is 0 Å². The number of para-hydroxylation sites is 1. The van der Waals surface area contributed by atoms with E-state index in [-0.39, 0.29) is 0 Å². The van der Waals surface area contributed by atoms with Crippen LogP contribution in [0.2, 0.25) is 0 Å². The van der Waals surface area contributed by atoms with Crippen LogP contribution in [-0.2, 0) is 6.61 Å². The van der Waals surface area contributed by atoms with E-state index in [1.54, 1.807) is 7.11 Å². The maximum absolute atomic E-state index is 5.97. The van der Waals surface area contributed by atoms with Gasteiger partial charge >= 0.3 is 0 Å². The van der Waals surface area contributed by atoms with Crippen molar-refractivity contribution in [2.24, 2.45) is 0 Å². The van der Waals surface area contributed by atoms with Crippen molar-refractivity contribution in [1.82, 2.24) is 4.98 Å². The maximum Gasteiger partial charge on any atom is 0.219 e. The van der Waals surface area contributed by atoms with E-state index < -0.39 is 0 Å². The largest absolute Gasteiger partial charge is 0.493 e. The predicted molar refractivity (Wildman–Crippen MR) is 106 cm³/mol. The molecule has 0 N–H and O–H groups in total. The highest BCUT2D eigenvalue weighted by molar-refractivity contribution is 5.83. The van der Waals surface area contributed by atoms with Gasteiger partial charge in [0.1, 0.15) is 12.4 Å². The number of benzene rings is 3. The van der Waals surface area contributed by atoms with Crippen molar-refractivity contribution in [2.45, 2.75) is 6.61 Å². The van der Waals surface area contributed by atoms with E-state index in [0.717, 1.165) is 22.2 Å². The number of ether oxygens (including phenoxy) is 3. The molecule has 27 heavy (non-hydrogen) atoms. The number of hydrogen-bond acceptors (Lipinski definition) is 4. The summed E-state index contributed by atoms with van der Waals surface area (Å²) in [5.41, 5.74) is 1.88. The van der Waals surface area contributed by atoms with Gasteiger partial charge in [-0.3, -0.25) is 0 Å². The Bertz CT molecular complexity index is 1030. The van der Waals surface area contributed by atoms with Crippen LogP contribution in [0.3, 0.4) is 0 Å². The first-order valence-corrected chi connectivity index (χ1v) is 8.70. The summed E-state index contributed by atoms with van der Waals surface area (Å²) < 4.78 is 17.3. The third kappa shape index (κ3) is 4.01. The molecule has 0 aliphatic heterocycles. The molecular weight excluding hydrogens is 338 g/mol. The molecule has 0 unspecified atom stereocenters. The zero-order chi connectivity index (χ0) is 18.5. The molecule has 4 rings (SSSR count). The molecule has 0 bridgehead atoms. The summed E-state index contributed by atoms with van der Waals surface area (Å²) in [7, 11) is 1.64. The molecule has 0 amide bonds. The molecule has 0 atom stereocenters. The molecule has 4 aromatic rings. The maximum atomic E-state index is 5.97. The molecule has 4 nitrogen and oxygen atoms in total. The first-order valence-electron chi connectivity index (χ1n) is 8.70. The molecule has 0 aliphatic carbocycles. The van der Waals surface area contributed by atoms with Crippen molar-refractivity contribution in [3.8, 4) is 23.1 Å².